The summed E-state index contributed by atoms with van der Waals surface area (Å²) in [6, 6.07) is 0. The van der Waals surface area contributed by atoms with E-state index >= 15 is 0 Å². The highest BCUT2D eigenvalue weighted by Gasteiger charge is 1.92. The lowest BCUT2D eigenvalue weighted by Gasteiger charge is -2.05. The summed E-state index contributed by atoms with van der Waals surface area (Å²) in [6.07, 6.45) is 0. The summed E-state index contributed by atoms with van der Waals surface area (Å²) in [4.78, 5) is 0. The molecule has 0 unspecified atom stereocenters. The molecule has 0 saturated carbocycles. The molecule has 104 valence electrons. The Labute approximate surface area is 114 Å². The van der Waals surface area contributed by atoms with Crippen molar-refractivity contribution in [2.45, 2.75) is 13.8 Å². The van der Waals surface area contributed by atoms with Crippen LogP contribution in [-0.2, 0) is 14.2 Å². The van der Waals surface area contributed by atoms with Crippen LogP contribution in [0.1, 0.15) is 13.8 Å². The Morgan fingerprint density at radius 2 is 0.941 bits per heavy atom. The van der Waals surface area contributed by atoms with E-state index in [0.29, 0.717) is 0 Å². The highest BCUT2D eigenvalue weighted by Crippen LogP contribution is 2.01. The molecular weight excluding hydrogens is 256 g/mol. The second-order valence-corrected chi connectivity index (χ2v) is 5.68. The van der Waals surface area contributed by atoms with Gasteiger partial charge in [-0.15, -0.1) is 0 Å². The predicted molar refractivity (Wildman–Crippen MR) is 78.5 cm³/mol. The molecule has 0 heterocycles. The lowest BCUT2D eigenvalue weighted by atomic mass is 10.8. The minimum Gasteiger partial charge on any atom is -0.381 e. The van der Waals surface area contributed by atoms with Crippen LogP contribution in [0, 0.1) is 0 Å². The van der Waals surface area contributed by atoms with Gasteiger partial charge in [0, 0.05) is 36.2 Å². The Balaban J connectivity index is 2.85. The van der Waals surface area contributed by atoms with Gasteiger partial charge in [-0.2, -0.15) is 23.5 Å². The van der Waals surface area contributed by atoms with E-state index in [9.17, 15) is 0 Å². The summed E-state index contributed by atoms with van der Waals surface area (Å²) >= 11 is 3.78. The topological polar surface area (TPSA) is 27.7 Å². The van der Waals surface area contributed by atoms with Crippen LogP contribution in [0.2, 0.25) is 0 Å². The fraction of sp³-hybridized carbons (Fsp3) is 1.00. The maximum atomic E-state index is 5.52. The quantitative estimate of drug-likeness (QED) is 0.457. The normalized spacial score (nSPS) is 10.9. The van der Waals surface area contributed by atoms with Crippen LogP contribution in [0.25, 0.3) is 0 Å². The fourth-order valence-electron chi connectivity index (χ4n) is 1.07. The maximum Gasteiger partial charge on any atom is 0.0557 e. The van der Waals surface area contributed by atoms with Crippen LogP contribution < -0.4 is 0 Å². The van der Waals surface area contributed by atoms with Gasteiger partial charge >= 0.3 is 0 Å². The van der Waals surface area contributed by atoms with Crippen molar-refractivity contribution < 1.29 is 14.2 Å². The first kappa shape index (κ1) is 17.6. The van der Waals surface area contributed by atoms with Gasteiger partial charge in [-0.3, -0.25) is 0 Å². The van der Waals surface area contributed by atoms with Crippen molar-refractivity contribution in [1.82, 2.24) is 0 Å². The summed E-state index contributed by atoms with van der Waals surface area (Å²) in [6.45, 7) is 9.09. The first-order valence-corrected chi connectivity index (χ1v) is 8.61. The van der Waals surface area contributed by atoms with Gasteiger partial charge in [-0.25, -0.2) is 0 Å². The second kappa shape index (κ2) is 16.6. The summed E-state index contributed by atoms with van der Waals surface area (Å²) < 4.78 is 16.0. The Hall–Kier alpha value is 0.580. The minimum absolute atomic E-state index is 0.816. The smallest absolute Gasteiger partial charge is 0.0557 e. The molecule has 0 amide bonds. The molecule has 0 bridgehead atoms. The molecule has 0 aromatic heterocycles. The first-order valence-electron chi connectivity index (χ1n) is 6.30. The van der Waals surface area contributed by atoms with Crippen LogP contribution in [0.4, 0.5) is 0 Å². The molecule has 17 heavy (non-hydrogen) atoms. The summed E-state index contributed by atoms with van der Waals surface area (Å²) in [5, 5.41) is 0. The maximum absolute atomic E-state index is 5.52. The van der Waals surface area contributed by atoms with Crippen LogP contribution in [-0.4, -0.2) is 62.7 Å². The molecule has 5 heteroatoms. The van der Waals surface area contributed by atoms with Crippen LogP contribution in [0.3, 0.4) is 0 Å². The molecule has 0 radical (unpaired) electrons. The fourth-order valence-corrected chi connectivity index (χ4v) is 2.42. The van der Waals surface area contributed by atoms with E-state index in [1.165, 1.54) is 0 Å². The third-order valence-corrected chi connectivity index (χ3v) is 3.72. The predicted octanol–water partition coefficient (Wildman–Crippen LogP) is 2.54. The Morgan fingerprint density at radius 1 is 0.588 bits per heavy atom. The van der Waals surface area contributed by atoms with Crippen molar-refractivity contribution in [3.05, 3.63) is 0 Å². The van der Waals surface area contributed by atoms with Crippen molar-refractivity contribution >= 4 is 23.5 Å². The average molecular weight is 282 g/mol. The lowest BCUT2D eigenvalue weighted by molar-refractivity contribution is 0.161. The molecule has 0 atom stereocenters. The number of thioether (sulfide) groups is 2. The van der Waals surface area contributed by atoms with Gasteiger partial charge in [0.25, 0.3) is 0 Å². The molecular formula is C12H26O3S2. The Kier molecular flexibility index (Phi) is 17.1. The Morgan fingerprint density at radius 3 is 1.29 bits per heavy atom. The van der Waals surface area contributed by atoms with E-state index in [-0.39, 0.29) is 0 Å². The van der Waals surface area contributed by atoms with Gasteiger partial charge in [0.1, 0.15) is 0 Å². The van der Waals surface area contributed by atoms with Crippen LogP contribution in [0.15, 0.2) is 0 Å². The van der Waals surface area contributed by atoms with Crippen molar-refractivity contribution in [2.24, 2.45) is 0 Å². The van der Waals surface area contributed by atoms with Gasteiger partial charge in [-0.05, 0) is 13.8 Å². The molecule has 0 saturated heterocycles. The average Bonchev–Trinajstić information content (AvgIpc) is 2.35. The number of hydrogen-bond donors (Lipinski definition) is 0. The zero-order valence-electron chi connectivity index (χ0n) is 11.1. The molecule has 3 nitrogen and oxygen atoms in total. The molecule has 0 rings (SSSR count). The molecule has 0 aromatic carbocycles. The van der Waals surface area contributed by atoms with E-state index < -0.39 is 0 Å². The molecule has 0 aliphatic carbocycles. The molecule has 0 aromatic rings. The van der Waals surface area contributed by atoms with E-state index in [0.717, 1.165) is 62.7 Å². The first-order chi connectivity index (χ1) is 8.41. The SMILES string of the molecule is CCOCCSCCOCCSCCOCC. The molecule has 0 aliphatic heterocycles. The third kappa shape index (κ3) is 16.6. The molecule has 0 fully saturated rings. The standard InChI is InChI=1S/C12H26O3S2/c1-3-13-5-9-16-11-7-15-8-12-17-10-6-14-4-2/h3-12H2,1-2H3. The number of ether oxygens (including phenoxy) is 3. The summed E-state index contributed by atoms with van der Waals surface area (Å²) in [7, 11) is 0. The van der Waals surface area contributed by atoms with Gasteiger partial charge < -0.3 is 14.2 Å². The van der Waals surface area contributed by atoms with Crippen molar-refractivity contribution in [1.29, 1.82) is 0 Å². The van der Waals surface area contributed by atoms with Crippen molar-refractivity contribution in [3.8, 4) is 0 Å². The lowest BCUT2D eigenvalue weighted by Crippen LogP contribution is -2.04. The van der Waals surface area contributed by atoms with E-state index in [4.69, 9.17) is 14.2 Å². The molecule has 0 N–H and O–H groups in total. The minimum atomic E-state index is 0.816. The third-order valence-electron chi connectivity index (χ3n) is 1.90. The van der Waals surface area contributed by atoms with Gasteiger partial charge in [0.15, 0.2) is 0 Å². The van der Waals surface area contributed by atoms with Gasteiger partial charge in [-0.1, -0.05) is 0 Å². The molecule has 0 spiro atoms. The molecule has 0 aliphatic rings. The summed E-state index contributed by atoms with van der Waals surface area (Å²) in [5.41, 5.74) is 0. The summed E-state index contributed by atoms with van der Waals surface area (Å²) in [5.74, 6) is 4.27. The van der Waals surface area contributed by atoms with Crippen molar-refractivity contribution in [2.75, 3.05) is 62.7 Å². The number of hydrogen-bond acceptors (Lipinski definition) is 5. The Bertz CT molecular complexity index is 123. The highest BCUT2D eigenvalue weighted by molar-refractivity contribution is 7.99. The number of rotatable bonds is 14. The van der Waals surface area contributed by atoms with E-state index in [1.54, 1.807) is 0 Å². The second-order valence-electron chi connectivity index (χ2n) is 3.23. The van der Waals surface area contributed by atoms with Gasteiger partial charge in [0.2, 0.25) is 0 Å². The largest absolute Gasteiger partial charge is 0.381 e. The monoisotopic (exact) mass is 282 g/mol. The highest BCUT2D eigenvalue weighted by atomic mass is 32.2. The van der Waals surface area contributed by atoms with Crippen molar-refractivity contribution in [3.63, 3.8) is 0 Å². The van der Waals surface area contributed by atoms with E-state index in [1.807, 2.05) is 37.4 Å². The van der Waals surface area contributed by atoms with E-state index in [2.05, 4.69) is 0 Å². The zero-order chi connectivity index (χ0) is 12.6. The van der Waals surface area contributed by atoms with Crippen LogP contribution >= 0.6 is 23.5 Å². The zero-order valence-corrected chi connectivity index (χ0v) is 12.7. The van der Waals surface area contributed by atoms with Crippen LogP contribution in [0.5, 0.6) is 0 Å². The van der Waals surface area contributed by atoms with Gasteiger partial charge in [0.05, 0.1) is 26.4 Å².